The minimum atomic E-state index is -5.17. The Balaban J connectivity index is -0.0000000800. The largest absolute Gasteiger partial charge is 3.00 e. The van der Waals surface area contributed by atoms with E-state index in [1.165, 1.54) is 0 Å². The molecule has 7 heavy (non-hydrogen) atoms. The van der Waals surface area contributed by atoms with Crippen molar-refractivity contribution in [1.29, 1.82) is 0 Å². The quantitative estimate of drug-likeness (QED) is 0.295. The molecule has 0 spiro atoms. The van der Waals surface area contributed by atoms with Crippen molar-refractivity contribution in [2.75, 3.05) is 0 Å². The average Bonchev–Trinajstić information content (AvgIpc) is 0.722. The summed E-state index contributed by atoms with van der Waals surface area (Å²) in [5.41, 5.74) is 0. The third-order valence-corrected chi connectivity index (χ3v) is 0. The van der Waals surface area contributed by atoms with Gasteiger partial charge in [-0.2, -0.15) is 0 Å². The van der Waals surface area contributed by atoms with Gasteiger partial charge in [0.25, 0.3) is 0 Å². The second-order valence-corrected chi connectivity index (χ2v) is 1.22. The third-order valence-electron chi connectivity index (χ3n) is 0. The Morgan fingerprint density at radius 2 is 1.14 bits per heavy atom. The van der Waals surface area contributed by atoms with Crippen LogP contribution in [-0.2, 0) is 10.4 Å². The first-order chi connectivity index (χ1) is 2.00. The summed E-state index contributed by atoms with van der Waals surface area (Å²) in [6, 6.07) is 0. The van der Waals surface area contributed by atoms with E-state index in [1.807, 2.05) is 0 Å². The van der Waals surface area contributed by atoms with Gasteiger partial charge in [0.05, 0.1) is 0 Å². The van der Waals surface area contributed by atoms with Crippen LogP contribution in [0.1, 0.15) is 0 Å². The summed E-state index contributed by atoms with van der Waals surface area (Å²) in [6.45, 7) is 0. The fourth-order valence-corrected chi connectivity index (χ4v) is 0. The van der Waals surface area contributed by atoms with Crippen molar-refractivity contribution in [2.24, 2.45) is 0 Å². The van der Waals surface area contributed by atoms with Gasteiger partial charge >= 0.3 is 64.3 Å². The van der Waals surface area contributed by atoms with E-state index in [-0.39, 0.29) is 64.3 Å². The molecule has 7 heteroatoms. The summed E-state index contributed by atoms with van der Waals surface area (Å²) in [5.74, 6) is 0. The zero-order chi connectivity index (χ0) is 4.50. The first kappa shape index (κ1) is 16.0. The summed E-state index contributed by atoms with van der Waals surface area (Å²) >= 11 is 0. The van der Waals surface area contributed by atoms with Crippen molar-refractivity contribution >= 4 is 33.5 Å². The Morgan fingerprint density at radius 3 is 1.14 bits per heavy atom. The Labute approximate surface area is 90.7 Å². The Kier molecular flexibility index (Phi) is 14.0. The van der Waals surface area contributed by atoms with Crippen molar-refractivity contribution in [3.8, 4) is 0 Å². The number of hydrogen-bond acceptors (Lipinski definition) is 4. The van der Waals surface area contributed by atoms with E-state index in [0.717, 1.165) is 0 Å². The van der Waals surface area contributed by atoms with E-state index in [0.29, 0.717) is 0 Å². The molecule has 32 valence electrons. The molecule has 0 N–H and O–H groups in total. The van der Waals surface area contributed by atoms with Gasteiger partial charge in [-0.25, -0.2) is 0 Å². The molecule has 0 atom stereocenters. The topological polar surface area (TPSA) is 80.3 Å². The molecule has 0 fully saturated rings. The molecule has 0 aliphatic carbocycles. The van der Waals surface area contributed by atoms with Crippen LogP contribution in [0.3, 0.4) is 0 Å². The van der Waals surface area contributed by atoms with Gasteiger partial charge in [0, 0.05) is 10.4 Å². The van der Waals surface area contributed by atoms with Crippen molar-refractivity contribution in [2.45, 2.75) is 0 Å². The van der Waals surface area contributed by atoms with Crippen molar-refractivity contribution in [1.82, 2.24) is 0 Å². The van der Waals surface area contributed by atoms with Crippen molar-refractivity contribution < 1.29 is 58.8 Å². The first-order valence-corrected chi connectivity index (χ1v) is 2.00. The van der Waals surface area contributed by atoms with Crippen LogP contribution in [-0.4, -0.2) is 40.6 Å². The van der Waals surface area contributed by atoms with Gasteiger partial charge in [-0.05, 0) is 0 Å². The van der Waals surface area contributed by atoms with E-state index in [2.05, 4.69) is 0 Å². The first-order valence-electron chi connectivity index (χ1n) is 0.667. The molecule has 0 rings (SSSR count). The van der Waals surface area contributed by atoms with Crippen LogP contribution in [0.4, 0.5) is 0 Å². The van der Waals surface area contributed by atoms with Gasteiger partial charge in [-0.1, -0.05) is 0 Å². The van der Waals surface area contributed by atoms with Crippen LogP contribution < -0.4 is 0 Å². The normalized spacial score (nSPS) is 8.29. The predicted octanol–water partition coefficient (Wildman–Crippen LogP) is -1.72. The third kappa shape index (κ3) is 72.0. The molecule has 0 aromatic carbocycles. The zero-order valence-electron chi connectivity index (χ0n) is 3.33. The molecule has 0 unspecified atom stereocenters. The van der Waals surface area contributed by atoms with Gasteiger partial charge in [0.15, 0.2) is 0 Å². The maximum Gasteiger partial charge on any atom is 3.00 e. The summed E-state index contributed by atoms with van der Waals surface area (Å²) in [6.07, 6.45) is 0. The van der Waals surface area contributed by atoms with Crippen molar-refractivity contribution in [3.05, 3.63) is 0 Å². The Hall–Kier alpha value is 2.00. The molecule has 0 radical (unpaired) electrons. The van der Waals surface area contributed by atoms with Gasteiger partial charge < -0.3 is 9.11 Å². The fourth-order valence-electron chi connectivity index (χ4n) is 0. The molecule has 0 aromatic heterocycles. The van der Waals surface area contributed by atoms with Crippen LogP contribution in [0.5, 0.6) is 0 Å². The van der Waals surface area contributed by atoms with E-state index in [4.69, 9.17) is 17.5 Å². The Morgan fingerprint density at radius 1 is 1.14 bits per heavy atom. The second kappa shape index (κ2) is 6.12. The van der Waals surface area contributed by atoms with Crippen LogP contribution in [0.25, 0.3) is 0 Å². The smallest absolute Gasteiger partial charge is 0.759 e. The summed E-state index contributed by atoms with van der Waals surface area (Å²) in [4.78, 5) is 0. The standard InChI is InChI=1S/Mg.H2O4S.Pr/c;1-5(2,3)4;/h;(H2,1,2,3,4);/q+2;;+3/p-2. The van der Waals surface area contributed by atoms with Gasteiger partial charge in [0.1, 0.15) is 0 Å². The summed E-state index contributed by atoms with van der Waals surface area (Å²) < 4.78 is 34.1. The summed E-state index contributed by atoms with van der Waals surface area (Å²) in [5, 5.41) is 0. The molecule has 0 amide bonds. The van der Waals surface area contributed by atoms with Gasteiger partial charge in [0.2, 0.25) is 0 Å². The molecule has 0 aliphatic rings. The molecule has 0 heterocycles. The average molecular weight is 261 g/mol. The monoisotopic (exact) mass is 261 g/mol. The molecule has 0 aliphatic heterocycles. The molecule has 0 saturated heterocycles. The van der Waals surface area contributed by atoms with Crippen molar-refractivity contribution in [3.63, 3.8) is 0 Å². The van der Waals surface area contributed by atoms with E-state index in [1.54, 1.807) is 0 Å². The van der Waals surface area contributed by atoms with Crippen LogP contribution in [0, 0.1) is 41.3 Å². The molecular weight excluding hydrogens is 261 g/mol. The zero-order valence-corrected chi connectivity index (χ0v) is 9.26. The fraction of sp³-hybridized carbons (Fsp3) is 0. The van der Waals surface area contributed by atoms with E-state index in [9.17, 15) is 0 Å². The minimum Gasteiger partial charge on any atom is -0.759 e. The predicted molar refractivity (Wildman–Crippen MR) is 16.2 cm³/mol. The van der Waals surface area contributed by atoms with E-state index >= 15 is 0 Å². The molecule has 0 saturated carbocycles. The van der Waals surface area contributed by atoms with E-state index < -0.39 is 10.4 Å². The SMILES string of the molecule is O=S(=O)([O-])[O-].[Mg+2].[Pr+3]. The second-order valence-electron chi connectivity index (χ2n) is 0.408. The van der Waals surface area contributed by atoms with Gasteiger partial charge in [-0.15, -0.1) is 0 Å². The summed E-state index contributed by atoms with van der Waals surface area (Å²) in [7, 11) is -5.17. The molecular formula is MgO4PrS+3. The maximum atomic E-state index is 8.52. The molecule has 0 aromatic rings. The van der Waals surface area contributed by atoms with Gasteiger partial charge in [-0.3, -0.25) is 8.42 Å². The number of rotatable bonds is 0. The van der Waals surface area contributed by atoms with Crippen LogP contribution in [0.15, 0.2) is 0 Å². The molecule has 4 nitrogen and oxygen atoms in total. The van der Waals surface area contributed by atoms with Crippen LogP contribution >= 0.6 is 0 Å². The minimum absolute atomic E-state index is 0. The number of hydrogen-bond donors (Lipinski definition) is 0. The maximum absolute atomic E-state index is 8.52. The Bertz CT molecular complexity index is 94.9. The molecule has 0 bridgehead atoms. The van der Waals surface area contributed by atoms with Crippen LogP contribution in [0.2, 0.25) is 0 Å².